The first-order valence-corrected chi connectivity index (χ1v) is 2.53. The maximum Gasteiger partial charge on any atom is 2.00 e. The molecule has 12 heavy (non-hydrogen) atoms. The molecule has 64 valence electrons. The summed E-state index contributed by atoms with van der Waals surface area (Å²) in [5, 5.41) is 16.7. The summed E-state index contributed by atoms with van der Waals surface area (Å²) in [6.07, 6.45) is -2.33. The fourth-order valence-electron chi connectivity index (χ4n) is 0.174. The third-order valence-electron chi connectivity index (χ3n) is 0.534. The van der Waals surface area contributed by atoms with Gasteiger partial charge in [-0.05, 0) is 13.1 Å². The van der Waals surface area contributed by atoms with E-state index in [0.717, 1.165) is 0 Å². The third-order valence-corrected chi connectivity index (χ3v) is 0.534. The van der Waals surface area contributed by atoms with Gasteiger partial charge in [-0.1, -0.05) is 6.58 Å². The fourth-order valence-corrected chi connectivity index (χ4v) is 0.174. The van der Waals surface area contributed by atoms with Gasteiger partial charge in [-0.15, -0.1) is 0 Å². The molecular formula is C6H8CaO5. The predicted octanol–water partition coefficient (Wildman–Crippen LogP) is -2.09. The van der Waals surface area contributed by atoms with Crippen LogP contribution >= 0.6 is 0 Å². The molecular weight excluding hydrogens is 192 g/mol. The van der Waals surface area contributed by atoms with Crippen LogP contribution in [0.5, 0.6) is 0 Å². The van der Waals surface area contributed by atoms with Gasteiger partial charge in [0.05, 0.1) is 7.11 Å². The maximum absolute atomic E-state index is 10.2. The fraction of sp³-hybridized carbons (Fsp3) is 0.333. The van der Waals surface area contributed by atoms with E-state index < -0.39 is 6.16 Å². The molecule has 0 aromatic carbocycles. The van der Waals surface area contributed by atoms with E-state index in [1.54, 1.807) is 6.92 Å². The number of methoxy groups -OCH3 is 1. The molecule has 0 aliphatic carbocycles. The van der Waals surface area contributed by atoms with Crippen LogP contribution in [-0.4, -0.2) is 57.0 Å². The number of rotatable bonds is 1. The van der Waals surface area contributed by atoms with Gasteiger partial charge in [0.25, 0.3) is 0 Å². The number of hydrogen-bond donors (Lipinski definition) is 0. The summed E-state index contributed by atoms with van der Waals surface area (Å²) in [4.78, 5) is 18.5. The van der Waals surface area contributed by atoms with Crippen molar-refractivity contribution in [3.63, 3.8) is 0 Å². The van der Waals surface area contributed by atoms with Gasteiger partial charge in [0, 0.05) is 5.57 Å². The summed E-state index contributed by atoms with van der Waals surface area (Å²) >= 11 is 0. The monoisotopic (exact) mass is 200 g/mol. The zero-order valence-electron chi connectivity index (χ0n) is 6.96. The van der Waals surface area contributed by atoms with Crippen molar-refractivity contribution in [3.05, 3.63) is 12.2 Å². The first-order valence-electron chi connectivity index (χ1n) is 2.53. The Hall–Kier alpha value is -0.260. The van der Waals surface area contributed by atoms with E-state index in [4.69, 9.17) is 15.0 Å². The summed E-state index contributed by atoms with van der Waals surface area (Å²) < 4.78 is 4.27. The van der Waals surface area contributed by atoms with Gasteiger partial charge >= 0.3 is 43.7 Å². The summed E-state index contributed by atoms with van der Waals surface area (Å²) in [6, 6.07) is 0. The molecule has 0 aliphatic rings. The van der Waals surface area contributed by atoms with Crippen molar-refractivity contribution in [1.82, 2.24) is 0 Å². The minimum atomic E-state index is -2.33. The zero-order chi connectivity index (χ0) is 9.44. The number of esters is 1. The second-order valence-corrected chi connectivity index (χ2v) is 1.52. The molecule has 0 saturated carbocycles. The zero-order valence-corrected chi connectivity index (χ0v) is 9.16. The Morgan fingerprint density at radius 1 is 1.33 bits per heavy atom. The van der Waals surface area contributed by atoms with Gasteiger partial charge in [0.1, 0.15) is 0 Å². The smallest absolute Gasteiger partial charge is 0.652 e. The van der Waals surface area contributed by atoms with Crippen LogP contribution in [0, 0.1) is 0 Å². The van der Waals surface area contributed by atoms with Crippen LogP contribution in [-0.2, 0) is 9.53 Å². The van der Waals surface area contributed by atoms with Crippen LogP contribution in [0.15, 0.2) is 12.2 Å². The van der Waals surface area contributed by atoms with Crippen LogP contribution in [0.4, 0.5) is 4.79 Å². The first-order chi connectivity index (χ1) is 4.91. The van der Waals surface area contributed by atoms with Gasteiger partial charge < -0.3 is 19.7 Å². The summed E-state index contributed by atoms with van der Waals surface area (Å²) in [5.74, 6) is -0.347. The van der Waals surface area contributed by atoms with Gasteiger partial charge in [-0.2, -0.15) is 0 Å². The average molecular weight is 200 g/mol. The largest absolute Gasteiger partial charge is 2.00 e. The topological polar surface area (TPSA) is 89.5 Å². The Labute approximate surface area is 100 Å². The SMILES string of the molecule is C=C(C)C(=O)OC.O=C([O-])[O-].[Ca+2]. The molecule has 0 bridgehead atoms. The second kappa shape index (κ2) is 10.7. The van der Waals surface area contributed by atoms with Crippen LogP contribution in [0.1, 0.15) is 6.92 Å². The van der Waals surface area contributed by atoms with Crippen LogP contribution in [0.2, 0.25) is 0 Å². The number of carbonyl (C=O) groups is 2. The van der Waals surface area contributed by atoms with Gasteiger partial charge in [-0.25, -0.2) is 4.79 Å². The maximum atomic E-state index is 10.2. The van der Waals surface area contributed by atoms with Crippen molar-refractivity contribution in [2.24, 2.45) is 0 Å². The molecule has 0 amide bonds. The van der Waals surface area contributed by atoms with Gasteiger partial charge in [0.15, 0.2) is 0 Å². The van der Waals surface area contributed by atoms with E-state index in [0.29, 0.717) is 5.57 Å². The van der Waals surface area contributed by atoms with Crippen molar-refractivity contribution in [3.8, 4) is 0 Å². The van der Waals surface area contributed by atoms with E-state index in [-0.39, 0.29) is 43.7 Å². The van der Waals surface area contributed by atoms with E-state index >= 15 is 0 Å². The van der Waals surface area contributed by atoms with Gasteiger partial charge in [0.2, 0.25) is 0 Å². The van der Waals surface area contributed by atoms with Crippen molar-refractivity contribution in [1.29, 1.82) is 0 Å². The Morgan fingerprint density at radius 2 is 1.58 bits per heavy atom. The molecule has 6 heteroatoms. The number of hydrogen-bond acceptors (Lipinski definition) is 5. The summed E-state index contributed by atoms with van der Waals surface area (Å²) in [7, 11) is 1.33. The Kier molecular flexibility index (Phi) is 15.9. The molecule has 0 atom stereocenters. The number of carboxylic acid groups (broad SMARTS) is 2. The molecule has 0 rings (SSSR count). The minimum Gasteiger partial charge on any atom is -0.652 e. The molecule has 0 spiro atoms. The molecule has 0 aromatic rings. The van der Waals surface area contributed by atoms with Crippen LogP contribution < -0.4 is 10.2 Å². The van der Waals surface area contributed by atoms with Crippen molar-refractivity contribution in [2.75, 3.05) is 7.11 Å². The molecule has 0 radical (unpaired) electrons. The average Bonchev–Trinajstić information content (AvgIpc) is 1.85. The van der Waals surface area contributed by atoms with Crippen LogP contribution in [0.25, 0.3) is 0 Å². The quantitative estimate of drug-likeness (QED) is 0.275. The molecule has 0 heterocycles. The molecule has 5 nitrogen and oxygen atoms in total. The minimum absolute atomic E-state index is 0. The molecule has 0 fully saturated rings. The van der Waals surface area contributed by atoms with Crippen molar-refractivity contribution < 1.29 is 24.5 Å². The standard InChI is InChI=1S/C5H8O2.CH2O3.Ca/c1-4(2)5(6)7-3;2-1(3)4;/h1H2,2-3H3;(H2,2,3,4);/q;;+2/p-2. The van der Waals surface area contributed by atoms with E-state index in [2.05, 4.69) is 11.3 Å². The Morgan fingerprint density at radius 3 is 1.58 bits per heavy atom. The second-order valence-electron chi connectivity index (χ2n) is 1.52. The van der Waals surface area contributed by atoms with E-state index in [9.17, 15) is 4.79 Å². The third kappa shape index (κ3) is 22.6. The van der Waals surface area contributed by atoms with Gasteiger partial charge in [-0.3, -0.25) is 0 Å². The number of ether oxygens (including phenoxy) is 1. The van der Waals surface area contributed by atoms with Crippen molar-refractivity contribution in [2.45, 2.75) is 6.92 Å². The Bertz CT molecular complexity index is 161. The predicted molar refractivity (Wildman–Crippen MR) is 38.0 cm³/mol. The summed E-state index contributed by atoms with van der Waals surface area (Å²) in [5.41, 5.74) is 0.433. The van der Waals surface area contributed by atoms with Crippen LogP contribution in [0.3, 0.4) is 0 Å². The molecule has 0 saturated heterocycles. The first kappa shape index (κ1) is 17.7. The Balaban J connectivity index is -0.000000142. The van der Waals surface area contributed by atoms with E-state index in [1.807, 2.05) is 0 Å². The molecule has 0 N–H and O–H groups in total. The molecule has 0 aliphatic heterocycles. The normalized spacial score (nSPS) is 6.50. The van der Waals surface area contributed by atoms with Crippen molar-refractivity contribution >= 4 is 49.9 Å². The molecule has 0 unspecified atom stereocenters. The van der Waals surface area contributed by atoms with E-state index in [1.165, 1.54) is 7.11 Å². The molecule has 0 aromatic heterocycles. The summed E-state index contributed by atoms with van der Waals surface area (Å²) in [6.45, 7) is 4.95. The number of carbonyl (C=O) groups excluding carboxylic acids is 2.